The molecule has 4 N–H and O–H groups in total. The number of anilines is 1. The fraction of sp³-hybridized carbons (Fsp3) is 0.423. The van der Waals surface area contributed by atoms with Gasteiger partial charge in [0.2, 0.25) is 5.78 Å². The quantitative estimate of drug-likeness (QED) is 0.355. The van der Waals surface area contributed by atoms with Crippen LogP contribution >= 0.6 is 11.3 Å². The van der Waals surface area contributed by atoms with Crippen LogP contribution in [-0.2, 0) is 24.6 Å². The van der Waals surface area contributed by atoms with Gasteiger partial charge in [-0.15, -0.1) is 11.3 Å². The van der Waals surface area contributed by atoms with Gasteiger partial charge in [-0.3, -0.25) is 8.98 Å². The Morgan fingerprint density at radius 2 is 2.11 bits per heavy atom. The Morgan fingerprint density at radius 3 is 2.89 bits per heavy atom. The van der Waals surface area contributed by atoms with Crippen LogP contribution in [0.15, 0.2) is 48.2 Å². The Morgan fingerprint density at radius 1 is 1.29 bits per heavy atom. The zero-order valence-corrected chi connectivity index (χ0v) is 22.1. The van der Waals surface area contributed by atoms with Gasteiger partial charge in [-0.2, -0.15) is 8.42 Å². The number of nitrogens with one attached hydrogen (secondary N) is 1. The standard InChI is InChI=1S/C26H28N4O6S2/c27-38(33,34)36-11-15-7-17(9-21(15)31)30-25-19(10-28-14-29-25)23(32)22-8-16(12-37-22)24-18-3-1-2-4-20(18)26(5-6-26)13-35-24/h1-4,8,10,12,14-15,17,21,24,31H,5-7,9,11,13H2,(H2,27,33,34)(H,28,29,30)/t15-,17-,21+,24-/m1/s1. The number of nitrogens with zero attached hydrogens (tertiary/aromatic N) is 2. The van der Waals surface area contributed by atoms with E-state index in [0.29, 0.717) is 35.7 Å². The topological polar surface area (TPSA) is 154 Å². The van der Waals surface area contributed by atoms with Crippen molar-refractivity contribution in [1.82, 2.24) is 9.97 Å². The van der Waals surface area contributed by atoms with Crippen molar-refractivity contribution in [3.8, 4) is 0 Å². The molecule has 1 spiro atoms. The molecular weight excluding hydrogens is 528 g/mol. The van der Waals surface area contributed by atoms with Crippen molar-refractivity contribution in [2.24, 2.45) is 11.1 Å². The number of aliphatic hydroxyl groups is 1. The molecule has 0 radical (unpaired) electrons. The molecular formula is C26H28N4O6S2. The molecule has 200 valence electrons. The number of hydrogen-bond donors (Lipinski definition) is 3. The molecule has 0 bridgehead atoms. The molecule has 1 aliphatic heterocycles. The van der Waals surface area contributed by atoms with Gasteiger partial charge >= 0.3 is 10.3 Å². The molecule has 0 amide bonds. The second-order valence-electron chi connectivity index (χ2n) is 10.3. The lowest BCUT2D eigenvalue weighted by atomic mass is 9.85. The minimum absolute atomic E-state index is 0.154. The highest BCUT2D eigenvalue weighted by Gasteiger charge is 2.49. The Hall–Kier alpha value is -2.74. The van der Waals surface area contributed by atoms with Crippen LogP contribution in [0.3, 0.4) is 0 Å². The van der Waals surface area contributed by atoms with Crippen LogP contribution in [0.2, 0.25) is 0 Å². The molecule has 38 heavy (non-hydrogen) atoms. The summed E-state index contributed by atoms with van der Waals surface area (Å²) < 4.78 is 33.2. The number of thiophene rings is 1. The van der Waals surface area contributed by atoms with E-state index in [0.717, 1.165) is 18.4 Å². The molecule has 0 saturated heterocycles. The van der Waals surface area contributed by atoms with Crippen LogP contribution in [0.1, 0.15) is 63.7 Å². The van der Waals surface area contributed by atoms with Crippen LogP contribution in [0.4, 0.5) is 5.82 Å². The molecule has 12 heteroatoms. The van der Waals surface area contributed by atoms with Gasteiger partial charge in [-0.1, -0.05) is 24.3 Å². The van der Waals surface area contributed by atoms with E-state index < -0.39 is 22.3 Å². The predicted molar refractivity (Wildman–Crippen MR) is 140 cm³/mol. The summed E-state index contributed by atoms with van der Waals surface area (Å²) in [6.45, 7) is 0.476. The molecule has 2 aliphatic carbocycles. The molecule has 4 atom stereocenters. The SMILES string of the molecule is NS(=O)(=O)OC[C@H]1C[C@@H](Nc2ncncc2C(=O)c2cc([C@H]3OCC4(CC4)c4ccccc43)cs2)C[C@@H]1O. The highest BCUT2D eigenvalue weighted by molar-refractivity contribution is 7.84. The number of carbonyl (C=O) groups excluding carboxylic acids is 1. The van der Waals surface area contributed by atoms with E-state index in [2.05, 4.69) is 37.7 Å². The van der Waals surface area contributed by atoms with Crippen molar-refractivity contribution < 1.29 is 27.2 Å². The number of aliphatic hydroxyl groups excluding tert-OH is 1. The third-order valence-corrected chi connectivity index (χ3v) is 9.15. The molecule has 1 aromatic carbocycles. The molecule has 2 fully saturated rings. The van der Waals surface area contributed by atoms with E-state index in [4.69, 9.17) is 9.88 Å². The molecule has 3 heterocycles. The van der Waals surface area contributed by atoms with Crippen LogP contribution in [0.5, 0.6) is 0 Å². The number of ketones is 1. The number of benzene rings is 1. The fourth-order valence-electron chi connectivity index (χ4n) is 5.59. The summed E-state index contributed by atoms with van der Waals surface area (Å²) in [5.74, 6) is -0.264. The van der Waals surface area contributed by atoms with Crippen molar-refractivity contribution in [1.29, 1.82) is 0 Å². The van der Waals surface area contributed by atoms with Crippen molar-refractivity contribution in [3.63, 3.8) is 0 Å². The van der Waals surface area contributed by atoms with Gasteiger partial charge in [0.15, 0.2) is 0 Å². The average Bonchev–Trinajstić information content (AvgIpc) is 3.34. The number of rotatable bonds is 8. The monoisotopic (exact) mass is 556 g/mol. The number of hydrogen-bond acceptors (Lipinski definition) is 10. The number of carbonyl (C=O) groups is 1. The summed E-state index contributed by atoms with van der Waals surface area (Å²) >= 11 is 1.36. The highest BCUT2D eigenvalue weighted by Crippen LogP contribution is 2.55. The predicted octanol–water partition coefficient (Wildman–Crippen LogP) is 2.69. The van der Waals surface area contributed by atoms with E-state index in [1.807, 2.05) is 17.5 Å². The third kappa shape index (κ3) is 4.99. The van der Waals surface area contributed by atoms with E-state index >= 15 is 0 Å². The number of nitrogens with two attached hydrogens (primary N) is 1. The zero-order valence-electron chi connectivity index (χ0n) is 20.4. The minimum Gasteiger partial charge on any atom is -0.393 e. The first-order chi connectivity index (χ1) is 18.2. The van der Waals surface area contributed by atoms with E-state index in [1.165, 1.54) is 35.0 Å². The van der Waals surface area contributed by atoms with Gasteiger partial charge in [0.1, 0.15) is 18.2 Å². The summed E-state index contributed by atoms with van der Waals surface area (Å²) in [6, 6.07) is 10.1. The van der Waals surface area contributed by atoms with E-state index in [-0.39, 0.29) is 30.0 Å². The highest BCUT2D eigenvalue weighted by atomic mass is 32.2. The lowest BCUT2D eigenvalue weighted by Crippen LogP contribution is -2.26. The van der Waals surface area contributed by atoms with Crippen LogP contribution < -0.4 is 10.5 Å². The first-order valence-electron chi connectivity index (χ1n) is 12.5. The maximum Gasteiger partial charge on any atom is 0.333 e. The van der Waals surface area contributed by atoms with E-state index in [9.17, 15) is 18.3 Å². The number of ether oxygens (including phenoxy) is 1. The lowest BCUT2D eigenvalue weighted by Gasteiger charge is -2.32. The Kier molecular flexibility index (Phi) is 6.57. The van der Waals surface area contributed by atoms with Gasteiger partial charge < -0.3 is 15.2 Å². The van der Waals surface area contributed by atoms with Gasteiger partial charge in [0, 0.05) is 23.6 Å². The maximum atomic E-state index is 13.5. The second kappa shape index (κ2) is 9.78. The summed E-state index contributed by atoms with van der Waals surface area (Å²) in [7, 11) is -4.09. The fourth-order valence-corrected chi connectivity index (χ4v) is 6.83. The Balaban J connectivity index is 1.18. The largest absolute Gasteiger partial charge is 0.393 e. The normalized spacial score (nSPS) is 25.7. The third-order valence-electron chi connectivity index (χ3n) is 7.74. The van der Waals surface area contributed by atoms with Gasteiger partial charge in [-0.25, -0.2) is 15.1 Å². The van der Waals surface area contributed by atoms with Crippen molar-refractivity contribution in [3.05, 3.63) is 75.4 Å². The lowest BCUT2D eigenvalue weighted by molar-refractivity contribution is 0.0469. The molecule has 2 saturated carbocycles. The van der Waals surface area contributed by atoms with Crippen molar-refractivity contribution in [2.45, 2.75) is 49.3 Å². The Labute approximate surface area is 224 Å². The van der Waals surface area contributed by atoms with Crippen LogP contribution in [0.25, 0.3) is 0 Å². The molecule has 3 aliphatic rings. The smallest absolute Gasteiger partial charge is 0.333 e. The molecule has 2 aromatic heterocycles. The first-order valence-corrected chi connectivity index (χ1v) is 14.8. The number of aromatic nitrogens is 2. The van der Waals surface area contributed by atoms with Gasteiger partial charge in [0.05, 0.1) is 29.8 Å². The number of fused-ring (bicyclic) bond motifs is 2. The van der Waals surface area contributed by atoms with Crippen LogP contribution in [-0.4, -0.2) is 54.6 Å². The Bertz CT molecular complexity index is 1470. The van der Waals surface area contributed by atoms with Gasteiger partial charge in [0.25, 0.3) is 0 Å². The zero-order chi connectivity index (χ0) is 26.5. The molecule has 3 aromatic rings. The van der Waals surface area contributed by atoms with Gasteiger partial charge in [-0.05, 0) is 53.8 Å². The van der Waals surface area contributed by atoms with Crippen LogP contribution in [0, 0.1) is 5.92 Å². The molecule has 10 nitrogen and oxygen atoms in total. The average molecular weight is 557 g/mol. The summed E-state index contributed by atoms with van der Waals surface area (Å²) in [6.07, 6.45) is 4.91. The first kappa shape index (κ1) is 25.5. The summed E-state index contributed by atoms with van der Waals surface area (Å²) in [4.78, 5) is 22.4. The summed E-state index contributed by atoms with van der Waals surface area (Å²) in [5.41, 5.74) is 3.94. The molecule has 0 unspecified atom stereocenters. The summed E-state index contributed by atoms with van der Waals surface area (Å²) in [5, 5.41) is 20.5. The minimum atomic E-state index is -4.09. The maximum absolute atomic E-state index is 13.5. The second-order valence-corrected chi connectivity index (χ2v) is 12.5. The molecule has 6 rings (SSSR count). The van der Waals surface area contributed by atoms with Crippen molar-refractivity contribution in [2.75, 3.05) is 18.5 Å². The van der Waals surface area contributed by atoms with E-state index in [1.54, 1.807) is 0 Å². The van der Waals surface area contributed by atoms with Crippen molar-refractivity contribution >= 4 is 33.2 Å².